The van der Waals surface area contributed by atoms with Crippen LogP contribution in [0.3, 0.4) is 0 Å². The summed E-state index contributed by atoms with van der Waals surface area (Å²) in [5.41, 5.74) is 2.62. The van der Waals surface area contributed by atoms with Crippen molar-refractivity contribution in [3.63, 3.8) is 0 Å². The molecule has 6 heteroatoms. The maximum Gasteiger partial charge on any atom is 0.256 e. The number of fused-ring (bicyclic) bond motifs is 1. The summed E-state index contributed by atoms with van der Waals surface area (Å²) in [6.45, 7) is 1.99. The molecular weight excluding hydrogens is 338 g/mol. The highest BCUT2D eigenvalue weighted by Crippen LogP contribution is 2.24. The number of nitrogens with zero attached hydrogens (tertiary/aromatic N) is 4. The Morgan fingerprint density at radius 3 is 2.63 bits per heavy atom. The second-order valence-corrected chi connectivity index (χ2v) is 6.07. The molecule has 0 saturated carbocycles. The van der Waals surface area contributed by atoms with Gasteiger partial charge in [0.05, 0.1) is 11.7 Å². The van der Waals surface area contributed by atoms with Crippen LogP contribution in [0.2, 0.25) is 0 Å². The molecular formula is C21H15N5O. The topological polar surface area (TPSA) is 83.6 Å². The number of nitrogens with one attached hydrogen (secondary N) is 1. The highest BCUT2D eigenvalue weighted by molar-refractivity contribution is 6.04. The first kappa shape index (κ1) is 16.5. The van der Waals surface area contributed by atoms with Crippen molar-refractivity contribution in [1.29, 1.82) is 5.26 Å². The molecule has 130 valence electrons. The lowest BCUT2D eigenvalue weighted by Crippen LogP contribution is -2.16. The number of nitriles is 1. The third-order valence-corrected chi connectivity index (χ3v) is 4.28. The van der Waals surface area contributed by atoms with Crippen molar-refractivity contribution in [2.45, 2.75) is 6.92 Å². The number of rotatable bonds is 3. The predicted molar refractivity (Wildman–Crippen MR) is 103 cm³/mol. The lowest BCUT2D eigenvalue weighted by Gasteiger charge is -2.11. The molecule has 0 aliphatic carbocycles. The average molecular weight is 353 g/mol. The summed E-state index contributed by atoms with van der Waals surface area (Å²) >= 11 is 0. The molecule has 0 saturated heterocycles. The number of anilines is 1. The Morgan fingerprint density at radius 1 is 1.11 bits per heavy atom. The van der Waals surface area contributed by atoms with Gasteiger partial charge in [0.25, 0.3) is 5.91 Å². The average Bonchev–Trinajstić information content (AvgIpc) is 3.11. The van der Waals surface area contributed by atoms with Gasteiger partial charge < -0.3 is 5.32 Å². The minimum atomic E-state index is -0.314. The number of benzene rings is 2. The van der Waals surface area contributed by atoms with E-state index in [1.807, 2.05) is 43.3 Å². The third-order valence-electron chi connectivity index (χ3n) is 4.28. The van der Waals surface area contributed by atoms with E-state index in [1.54, 1.807) is 24.3 Å². The van der Waals surface area contributed by atoms with Gasteiger partial charge in [0, 0.05) is 10.9 Å². The lowest BCUT2D eigenvalue weighted by atomic mass is 10.1. The van der Waals surface area contributed by atoms with Crippen LogP contribution in [0, 0.1) is 18.3 Å². The van der Waals surface area contributed by atoms with Gasteiger partial charge in [-0.25, -0.2) is 4.98 Å². The fourth-order valence-corrected chi connectivity index (χ4v) is 2.93. The highest BCUT2D eigenvalue weighted by Gasteiger charge is 2.17. The number of aryl methyl sites for hydroxylation is 1. The number of aromatic nitrogens is 3. The van der Waals surface area contributed by atoms with Crippen LogP contribution in [0.25, 0.3) is 16.7 Å². The molecule has 0 aliphatic heterocycles. The van der Waals surface area contributed by atoms with Gasteiger partial charge in [0.15, 0.2) is 11.6 Å². The van der Waals surface area contributed by atoms with Crippen molar-refractivity contribution in [3.05, 3.63) is 83.6 Å². The van der Waals surface area contributed by atoms with Gasteiger partial charge in [-0.2, -0.15) is 15.0 Å². The molecule has 0 bridgehead atoms. The molecule has 1 N–H and O–H groups in total. The quantitative estimate of drug-likeness (QED) is 0.606. The van der Waals surface area contributed by atoms with Crippen LogP contribution >= 0.6 is 0 Å². The van der Waals surface area contributed by atoms with Crippen molar-refractivity contribution in [2.75, 3.05) is 5.32 Å². The van der Waals surface area contributed by atoms with Crippen molar-refractivity contribution in [1.82, 2.24) is 14.8 Å². The molecule has 4 aromatic rings. The van der Waals surface area contributed by atoms with E-state index in [4.69, 9.17) is 0 Å². The molecule has 2 heterocycles. The summed E-state index contributed by atoms with van der Waals surface area (Å²) in [7, 11) is 0. The van der Waals surface area contributed by atoms with Crippen molar-refractivity contribution in [3.8, 4) is 11.9 Å². The Balaban J connectivity index is 1.80. The summed E-state index contributed by atoms with van der Waals surface area (Å²) < 4.78 is 1.48. The standard InChI is InChI=1S/C21H15N5O/c1-14-11-19(24-18-10-6-5-9-17(14)18)26-20(16(12-22)13-23-26)25-21(27)15-7-3-2-4-8-15/h2-11,13H,1H3,(H,25,27). The summed E-state index contributed by atoms with van der Waals surface area (Å²) in [5, 5.41) is 17.5. The van der Waals surface area contributed by atoms with Gasteiger partial charge in [-0.3, -0.25) is 4.79 Å². The van der Waals surface area contributed by atoms with Crippen LogP contribution in [0.4, 0.5) is 5.82 Å². The molecule has 6 nitrogen and oxygen atoms in total. The Morgan fingerprint density at radius 2 is 1.85 bits per heavy atom. The Bertz CT molecular complexity index is 1190. The summed E-state index contributed by atoms with van der Waals surface area (Å²) in [4.78, 5) is 17.2. The second-order valence-electron chi connectivity index (χ2n) is 6.07. The number of pyridine rings is 1. The number of carbonyl (C=O) groups is 1. The monoisotopic (exact) mass is 353 g/mol. The minimum Gasteiger partial charge on any atom is -0.305 e. The van der Waals surface area contributed by atoms with E-state index in [2.05, 4.69) is 21.5 Å². The van der Waals surface area contributed by atoms with E-state index in [0.717, 1.165) is 16.5 Å². The fourth-order valence-electron chi connectivity index (χ4n) is 2.93. The number of hydrogen-bond donors (Lipinski definition) is 1. The fraction of sp³-hybridized carbons (Fsp3) is 0.0476. The molecule has 0 unspecified atom stereocenters. The summed E-state index contributed by atoms with van der Waals surface area (Å²) in [6.07, 6.45) is 1.42. The SMILES string of the molecule is Cc1cc(-n2ncc(C#N)c2NC(=O)c2ccccc2)nc2ccccc12. The van der Waals surface area contributed by atoms with Crippen LogP contribution in [-0.2, 0) is 0 Å². The number of para-hydroxylation sites is 1. The van der Waals surface area contributed by atoms with E-state index in [-0.39, 0.29) is 11.5 Å². The molecule has 1 amide bonds. The van der Waals surface area contributed by atoms with Crippen molar-refractivity contribution >= 4 is 22.6 Å². The normalized spacial score (nSPS) is 10.5. The Kier molecular flexibility index (Phi) is 4.11. The van der Waals surface area contributed by atoms with E-state index >= 15 is 0 Å². The third kappa shape index (κ3) is 3.02. The van der Waals surface area contributed by atoms with Crippen LogP contribution in [0.5, 0.6) is 0 Å². The minimum absolute atomic E-state index is 0.270. The van der Waals surface area contributed by atoms with Crippen LogP contribution in [-0.4, -0.2) is 20.7 Å². The number of carbonyl (C=O) groups excluding carboxylic acids is 1. The Labute approximate surface area is 155 Å². The zero-order valence-corrected chi connectivity index (χ0v) is 14.5. The molecule has 27 heavy (non-hydrogen) atoms. The van der Waals surface area contributed by atoms with Gasteiger partial charge in [0.1, 0.15) is 11.6 Å². The maximum atomic E-state index is 12.6. The zero-order valence-electron chi connectivity index (χ0n) is 14.5. The molecule has 2 aromatic carbocycles. The molecule has 4 rings (SSSR count). The maximum absolute atomic E-state index is 12.6. The van der Waals surface area contributed by atoms with E-state index in [1.165, 1.54) is 10.9 Å². The van der Waals surface area contributed by atoms with E-state index < -0.39 is 0 Å². The van der Waals surface area contributed by atoms with Crippen molar-refractivity contribution in [2.24, 2.45) is 0 Å². The van der Waals surface area contributed by atoms with Gasteiger partial charge in [0.2, 0.25) is 0 Å². The smallest absolute Gasteiger partial charge is 0.256 e. The second kappa shape index (κ2) is 6.73. The molecule has 0 atom stereocenters. The van der Waals surface area contributed by atoms with Gasteiger partial charge in [-0.05, 0) is 36.8 Å². The first-order valence-electron chi connectivity index (χ1n) is 8.38. The summed E-state index contributed by atoms with van der Waals surface area (Å²) in [5.74, 6) is 0.524. The van der Waals surface area contributed by atoms with Gasteiger partial charge in [-0.1, -0.05) is 36.4 Å². The zero-order chi connectivity index (χ0) is 18.8. The molecule has 0 fully saturated rings. The van der Waals surface area contributed by atoms with E-state index in [0.29, 0.717) is 17.2 Å². The lowest BCUT2D eigenvalue weighted by molar-refractivity contribution is 0.102. The first-order chi connectivity index (χ1) is 13.2. The van der Waals surface area contributed by atoms with Crippen LogP contribution < -0.4 is 5.32 Å². The molecule has 0 aliphatic rings. The largest absolute Gasteiger partial charge is 0.305 e. The first-order valence-corrected chi connectivity index (χ1v) is 8.38. The van der Waals surface area contributed by atoms with E-state index in [9.17, 15) is 10.1 Å². The Hall–Kier alpha value is -3.98. The highest BCUT2D eigenvalue weighted by atomic mass is 16.1. The molecule has 2 aromatic heterocycles. The number of amides is 1. The van der Waals surface area contributed by atoms with Gasteiger partial charge in [-0.15, -0.1) is 0 Å². The molecule has 0 spiro atoms. The van der Waals surface area contributed by atoms with Crippen LogP contribution in [0.15, 0.2) is 66.9 Å². The van der Waals surface area contributed by atoms with Crippen molar-refractivity contribution < 1.29 is 4.79 Å². The van der Waals surface area contributed by atoms with Gasteiger partial charge >= 0.3 is 0 Å². The molecule has 0 radical (unpaired) electrons. The van der Waals surface area contributed by atoms with Crippen LogP contribution in [0.1, 0.15) is 21.5 Å². The number of hydrogen-bond acceptors (Lipinski definition) is 4. The summed E-state index contributed by atoms with van der Waals surface area (Å²) in [6, 6.07) is 20.6. The predicted octanol–water partition coefficient (Wildman–Crippen LogP) is 3.85.